The molecule has 0 radical (unpaired) electrons. The van der Waals surface area contributed by atoms with Crippen LogP contribution in [0.2, 0.25) is 0 Å². The summed E-state index contributed by atoms with van der Waals surface area (Å²) < 4.78 is 42.6. The summed E-state index contributed by atoms with van der Waals surface area (Å²) in [6.45, 7) is 11.7. The predicted octanol–water partition coefficient (Wildman–Crippen LogP) is 4.69. The first-order valence-electron chi connectivity index (χ1n) is 14.6. The van der Waals surface area contributed by atoms with E-state index in [9.17, 15) is 13.2 Å². The maximum Gasteiger partial charge on any atom is 0.308 e. The molecule has 2 bridgehead atoms. The van der Waals surface area contributed by atoms with E-state index in [0.29, 0.717) is 18.2 Å². The summed E-state index contributed by atoms with van der Waals surface area (Å²) in [5.41, 5.74) is 2.68. The summed E-state index contributed by atoms with van der Waals surface area (Å²) in [6, 6.07) is 13.2. The highest BCUT2D eigenvalue weighted by Crippen LogP contribution is 2.64. The van der Waals surface area contributed by atoms with Crippen LogP contribution in [0.25, 0.3) is 0 Å². The van der Waals surface area contributed by atoms with Crippen LogP contribution in [0.5, 0.6) is 11.5 Å². The summed E-state index contributed by atoms with van der Waals surface area (Å²) in [7, 11) is -3.62. The highest BCUT2D eigenvalue weighted by atomic mass is 32.2. The lowest BCUT2D eigenvalue weighted by atomic mass is 9.51. The van der Waals surface area contributed by atoms with Gasteiger partial charge in [0.2, 0.25) is 10.0 Å². The molecule has 8 heteroatoms. The van der Waals surface area contributed by atoms with Crippen LogP contribution in [0.3, 0.4) is 0 Å². The first kappa shape index (κ1) is 27.5. The van der Waals surface area contributed by atoms with Gasteiger partial charge in [-0.2, -0.15) is 4.31 Å². The van der Waals surface area contributed by atoms with Crippen LogP contribution < -0.4 is 9.47 Å². The molecule has 5 atom stereocenters. The Kier molecular flexibility index (Phi) is 7.08. The van der Waals surface area contributed by atoms with Crippen LogP contribution in [-0.2, 0) is 32.4 Å². The van der Waals surface area contributed by atoms with E-state index in [2.05, 4.69) is 25.3 Å². The van der Waals surface area contributed by atoms with E-state index < -0.39 is 10.0 Å². The monoisotopic (exact) mass is 564 g/mol. The fourth-order valence-corrected chi connectivity index (χ4v) is 10.2. The van der Waals surface area contributed by atoms with Gasteiger partial charge >= 0.3 is 5.97 Å². The van der Waals surface area contributed by atoms with Crippen molar-refractivity contribution in [3.05, 3.63) is 71.8 Å². The Morgan fingerprint density at radius 1 is 1.23 bits per heavy atom. The highest BCUT2D eigenvalue weighted by Gasteiger charge is 2.66. The van der Waals surface area contributed by atoms with E-state index in [1.165, 1.54) is 6.92 Å². The molecule has 2 aromatic rings. The average Bonchev–Trinajstić information content (AvgIpc) is 3.23. The topological polar surface area (TPSA) is 76.2 Å². The number of hydrogen-bond acceptors (Lipinski definition) is 6. The van der Waals surface area contributed by atoms with E-state index in [1.54, 1.807) is 4.31 Å². The molecule has 2 heterocycles. The molecule has 1 spiro atoms. The molecule has 7 nitrogen and oxygen atoms in total. The lowest BCUT2D eigenvalue weighted by Crippen LogP contribution is -2.69. The Morgan fingerprint density at radius 3 is 2.70 bits per heavy atom. The van der Waals surface area contributed by atoms with Crippen molar-refractivity contribution < 1.29 is 22.7 Å². The summed E-state index contributed by atoms with van der Waals surface area (Å²) in [6.07, 6.45) is 5.03. The lowest BCUT2D eigenvalue weighted by Gasteiger charge is -2.60. The van der Waals surface area contributed by atoms with Crippen molar-refractivity contribution in [2.75, 3.05) is 19.6 Å². The van der Waals surface area contributed by atoms with Crippen molar-refractivity contribution in [2.45, 2.75) is 75.8 Å². The van der Waals surface area contributed by atoms with Gasteiger partial charge in [-0.25, -0.2) is 8.42 Å². The second kappa shape index (κ2) is 10.3. The average molecular weight is 565 g/mol. The second-order valence-electron chi connectivity index (χ2n) is 12.3. The summed E-state index contributed by atoms with van der Waals surface area (Å²) in [4.78, 5) is 14.5. The van der Waals surface area contributed by atoms with Crippen LogP contribution >= 0.6 is 0 Å². The molecule has 40 heavy (non-hydrogen) atoms. The third-order valence-corrected chi connectivity index (χ3v) is 11.3. The normalized spacial score (nSPS) is 28.7. The fourth-order valence-electron chi connectivity index (χ4n) is 8.22. The highest BCUT2D eigenvalue weighted by molar-refractivity contribution is 7.88. The Balaban J connectivity index is 1.45. The van der Waals surface area contributed by atoms with Crippen LogP contribution in [0.4, 0.5) is 0 Å². The minimum atomic E-state index is -3.62. The van der Waals surface area contributed by atoms with Crippen molar-refractivity contribution in [3.8, 4) is 11.5 Å². The number of sulfonamides is 1. The summed E-state index contributed by atoms with van der Waals surface area (Å²) in [5.74, 6) is 1.58. The van der Waals surface area contributed by atoms with E-state index >= 15 is 0 Å². The van der Waals surface area contributed by atoms with Gasteiger partial charge in [0, 0.05) is 42.6 Å². The minimum Gasteiger partial charge on any atom is -0.487 e. The van der Waals surface area contributed by atoms with Gasteiger partial charge in [-0.15, -0.1) is 6.58 Å². The molecular formula is C32H40N2O5S. The SMILES string of the molecule is C=CCN1CC[C@@]23c4c5ccc(OC(C)=O)c4C[C@@H]1[C@@H]2CC[C@@H](N(CC(C)C)S(=O)(=O)Cc1ccccc1)[C@@H]3O5. The quantitative estimate of drug-likeness (QED) is 0.250. The van der Waals surface area contributed by atoms with Gasteiger partial charge in [-0.3, -0.25) is 9.69 Å². The third kappa shape index (κ3) is 4.39. The van der Waals surface area contributed by atoms with Crippen molar-refractivity contribution in [1.82, 2.24) is 9.21 Å². The molecule has 1 saturated carbocycles. The van der Waals surface area contributed by atoms with Gasteiger partial charge in [0.1, 0.15) is 17.6 Å². The van der Waals surface area contributed by atoms with Crippen molar-refractivity contribution in [3.63, 3.8) is 0 Å². The largest absolute Gasteiger partial charge is 0.487 e. The van der Waals surface area contributed by atoms with Crippen LogP contribution in [0.1, 0.15) is 56.7 Å². The molecule has 6 rings (SSSR count). The number of piperidine rings is 1. The molecule has 0 aromatic heterocycles. The van der Waals surface area contributed by atoms with Crippen molar-refractivity contribution >= 4 is 16.0 Å². The second-order valence-corrected chi connectivity index (χ2v) is 14.3. The van der Waals surface area contributed by atoms with Gasteiger partial charge in [-0.05, 0) is 61.8 Å². The number of rotatable bonds is 9. The van der Waals surface area contributed by atoms with E-state index in [-0.39, 0.29) is 41.2 Å². The van der Waals surface area contributed by atoms with Gasteiger partial charge in [0.05, 0.1) is 11.8 Å². The Labute approximate surface area is 238 Å². The smallest absolute Gasteiger partial charge is 0.308 e. The van der Waals surface area contributed by atoms with Crippen LogP contribution in [0, 0.1) is 11.8 Å². The maximum absolute atomic E-state index is 14.1. The van der Waals surface area contributed by atoms with Gasteiger partial charge in [0.15, 0.2) is 0 Å². The molecule has 2 fully saturated rings. The van der Waals surface area contributed by atoms with Crippen molar-refractivity contribution in [2.24, 2.45) is 11.8 Å². The van der Waals surface area contributed by atoms with Gasteiger partial charge < -0.3 is 9.47 Å². The number of carbonyl (C=O) groups is 1. The number of esters is 1. The number of nitrogens with zero attached hydrogens (tertiary/aromatic N) is 2. The Morgan fingerprint density at radius 2 is 2.00 bits per heavy atom. The zero-order valence-electron chi connectivity index (χ0n) is 23.7. The van der Waals surface area contributed by atoms with E-state index in [4.69, 9.17) is 9.47 Å². The third-order valence-electron chi connectivity index (χ3n) is 9.48. The molecule has 4 aliphatic rings. The molecule has 0 N–H and O–H groups in total. The van der Waals surface area contributed by atoms with Crippen LogP contribution in [-0.4, -0.2) is 61.4 Å². The number of benzene rings is 2. The number of likely N-dealkylation sites (tertiary alicyclic amines) is 1. The first-order chi connectivity index (χ1) is 19.2. The zero-order chi connectivity index (χ0) is 28.2. The number of hydrogen-bond donors (Lipinski definition) is 0. The molecule has 1 saturated heterocycles. The first-order valence-corrected chi connectivity index (χ1v) is 16.2. The van der Waals surface area contributed by atoms with Gasteiger partial charge in [-0.1, -0.05) is 50.3 Å². The number of ether oxygens (including phenoxy) is 2. The summed E-state index contributed by atoms with van der Waals surface area (Å²) in [5, 5.41) is 0. The maximum atomic E-state index is 14.1. The molecule has 0 amide bonds. The summed E-state index contributed by atoms with van der Waals surface area (Å²) >= 11 is 0. The molecule has 214 valence electrons. The van der Waals surface area contributed by atoms with E-state index in [1.807, 2.05) is 48.5 Å². The van der Waals surface area contributed by atoms with E-state index in [0.717, 1.165) is 61.2 Å². The minimum absolute atomic E-state index is 0.0231. The number of carbonyl (C=O) groups excluding carboxylic acids is 1. The van der Waals surface area contributed by atoms with Gasteiger partial charge in [0.25, 0.3) is 0 Å². The molecule has 2 aliphatic carbocycles. The fraction of sp³-hybridized carbons (Fsp3) is 0.531. The standard InChI is InChI=1S/C32H40N2O5S/c1-5-16-33-17-15-32-25-11-12-26(34(19-21(2)3)40(36,37)20-23-9-7-6-8-10-23)31(32)39-29-14-13-28(38-22(4)35)24(30(29)32)18-27(25)33/h5-10,13-14,21,25-27,31H,1,11-12,15-20H2,2-4H3/t25-,26+,27+,31-,32-/m0/s1. The lowest BCUT2D eigenvalue weighted by molar-refractivity contribution is -0.132. The van der Waals surface area contributed by atoms with Crippen LogP contribution in [0.15, 0.2) is 55.1 Å². The Hall–Kier alpha value is -2.68. The molecule has 2 aliphatic heterocycles. The molecule has 2 aromatic carbocycles. The Bertz CT molecular complexity index is 1410. The molecular weight excluding hydrogens is 524 g/mol. The zero-order valence-corrected chi connectivity index (χ0v) is 24.5. The molecule has 0 unspecified atom stereocenters. The van der Waals surface area contributed by atoms with Crippen molar-refractivity contribution in [1.29, 1.82) is 0 Å². The predicted molar refractivity (Wildman–Crippen MR) is 155 cm³/mol.